The Balaban J connectivity index is 1.89. The number of carbonyl (C=O) groups is 2. The molecule has 144 valence electrons. The van der Waals surface area contributed by atoms with Gasteiger partial charge < -0.3 is 4.98 Å². The molecule has 0 aliphatic heterocycles. The Morgan fingerprint density at radius 1 is 1.04 bits per heavy atom. The summed E-state index contributed by atoms with van der Waals surface area (Å²) in [4.78, 5) is 51.3. The van der Waals surface area contributed by atoms with Crippen molar-refractivity contribution < 1.29 is 9.59 Å². The lowest BCUT2D eigenvalue weighted by Gasteiger charge is -2.11. The highest BCUT2D eigenvalue weighted by molar-refractivity contribution is 6.05. The maximum atomic E-state index is 12.6. The second kappa shape index (κ2) is 8.30. The number of aryl methyl sites for hydroxylation is 1. The Labute approximate surface area is 159 Å². The van der Waals surface area contributed by atoms with Gasteiger partial charge in [-0.1, -0.05) is 31.5 Å². The number of hydrogen-bond acceptors (Lipinski definition) is 5. The zero-order chi connectivity index (χ0) is 20.1. The van der Waals surface area contributed by atoms with Crippen molar-refractivity contribution in [2.75, 3.05) is 0 Å². The molecule has 28 heavy (non-hydrogen) atoms. The minimum atomic E-state index is -0.765. The third-order valence-electron chi connectivity index (χ3n) is 4.16. The topological polar surface area (TPSA) is 126 Å². The summed E-state index contributed by atoms with van der Waals surface area (Å²) in [6, 6.07) is 9.47. The van der Waals surface area contributed by atoms with Crippen molar-refractivity contribution in [1.29, 1.82) is 0 Å². The van der Waals surface area contributed by atoms with E-state index < -0.39 is 17.4 Å². The van der Waals surface area contributed by atoms with E-state index in [0.717, 1.165) is 12.8 Å². The Morgan fingerprint density at radius 2 is 1.75 bits per heavy atom. The van der Waals surface area contributed by atoms with Gasteiger partial charge in [0.1, 0.15) is 5.56 Å². The van der Waals surface area contributed by atoms with Crippen molar-refractivity contribution in [1.82, 2.24) is 25.6 Å². The predicted molar refractivity (Wildman–Crippen MR) is 103 cm³/mol. The van der Waals surface area contributed by atoms with Crippen LogP contribution < -0.4 is 22.0 Å². The van der Waals surface area contributed by atoms with Gasteiger partial charge >= 0.3 is 0 Å². The van der Waals surface area contributed by atoms with Crippen LogP contribution in [0.1, 0.15) is 40.6 Å². The van der Waals surface area contributed by atoms with Crippen molar-refractivity contribution >= 4 is 22.6 Å². The Hall–Kier alpha value is -3.75. The molecule has 0 radical (unpaired) electrons. The molecule has 0 saturated heterocycles. The molecule has 2 aromatic heterocycles. The lowest BCUT2D eigenvalue weighted by atomic mass is 10.1. The first kappa shape index (κ1) is 19.0. The number of aromatic amines is 1. The first-order valence-electron chi connectivity index (χ1n) is 8.81. The van der Waals surface area contributed by atoms with Gasteiger partial charge in [0.05, 0.1) is 5.39 Å². The fourth-order valence-electron chi connectivity index (χ4n) is 2.70. The van der Waals surface area contributed by atoms with E-state index in [1.54, 1.807) is 24.3 Å². The smallest absolute Gasteiger partial charge is 0.290 e. The first-order chi connectivity index (χ1) is 13.5. The number of hydrogen-bond donors (Lipinski definition) is 3. The minimum Gasteiger partial charge on any atom is -0.328 e. The number of hydrazine groups is 1. The van der Waals surface area contributed by atoms with Crippen LogP contribution in [0.2, 0.25) is 0 Å². The quantitative estimate of drug-likeness (QED) is 0.568. The van der Waals surface area contributed by atoms with Gasteiger partial charge in [-0.05, 0) is 24.6 Å². The Bertz CT molecular complexity index is 1150. The van der Waals surface area contributed by atoms with Crippen LogP contribution in [0.4, 0.5) is 0 Å². The van der Waals surface area contributed by atoms with Gasteiger partial charge in [-0.25, -0.2) is 4.68 Å². The van der Waals surface area contributed by atoms with Gasteiger partial charge in [0.25, 0.3) is 22.9 Å². The lowest BCUT2D eigenvalue weighted by Crippen LogP contribution is -2.44. The average Bonchev–Trinajstić information content (AvgIpc) is 2.72. The fraction of sp³-hybridized carbons (Fsp3) is 0.211. The maximum absolute atomic E-state index is 12.6. The van der Waals surface area contributed by atoms with Gasteiger partial charge in [0.15, 0.2) is 5.69 Å². The number of benzene rings is 1. The SMILES string of the molecule is CCCCn1nc(C(=O)NNC(=O)c2ccc[nH]c2=O)c2ccccc2c1=O. The van der Waals surface area contributed by atoms with Crippen LogP contribution in [0, 0.1) is 0 Å². The molecule has 0 aliphatic rings. The summed E-state index contributed by atoms with van der Waals surface area (Å²) in [6.07, 6.45) is 3.00. The first-order valence-corrected chi connectivity index (χ1v) is 8.81. The zero-order valence-electron chi connectivity index (χ0n) is 15.2. The number of nitrogens with one attached hydrogen (secondary N) is 3. The van der Waals surface area contributed by atoms with Crippen molar-refractivity contribution in [2.24, 2.45) is 0 Å². The molecule has 9 heteroatoms. The lowest BCUT2D eigenvalue weighted by molar-refractivity contribution is 0.0842. The summed E-state index contributed by atoms with van der Waals surface area (Å²) in [7, 11) is 0. The normalized spacial score (nSPS) is 10.6. The van der Waals surface area contributed by atoms with Gasteiger partial charge in [0.2, 0.25) is 0 Å². The molecule has 3 rings (SSSR count). The molecular weight excluding hydrogens is 362 g/mol. The summed E-state index contributed by atoms with van der Waals surface area (Å²) in [5.74, 6) is -1.46. The molecule has 0 fully saturated rings. The molecule has 2 heterocycles. The third kappa shape index (κ3) is 3.83. The van der Waals surface area contributed by atoms with Gasteiger partial charge in [0, 0.05) is 18.1 Å². The number of amides is 2. The second-order valence-corrected chi connectivity index (χ2v) is 6.10. The van der Waals surface area contributed by atoms with Crippen LogP contribution >= 0.6 is 0 Å². The van der Waals surface area contributed by atoms with Gasteiger partial charge in [-0.15, -0.1) is 0 Å². The van der Waals surface area contributed by atoms with E-state index in [1.165, 1.54) is 23.0 Å². The minimum absolute atomic E-state index is 0.00794. The van der Waals surface area contributed by atoms with E-state index in [0.29, 0.717) is 17.3 Å². The van der Waals surface area contributed by atoms with Crippen molar-refractivity contribution in [2.45, 2.75) is 26.3 Å². The third-order valence-corrected chi connectivity index (χ3v) is 4.16. The van der Waals surface area contributed by atoms with Crippen LogP contribution in [0.5, 0.6) is 0 Å². The van der Waals surface area contributed by atoms with Crippen molar-refractivity contribution in [3.63, 3.8) is 0 Å². The number of H-pyrrole nitrogens is 1. The van der Waals surface area contributed by atoms with E-state index in [9.17, 15) is 19.2 Å². The number of carbonyl (C=O) groups excluding carboxylic acids is 2. The van der Waals surface area contributed by atoms with Crippen molar-refractivity contribution in [3.05, 3.63) is 74.6 Å². The van der Waals surface area contributed by atoms with Crippen LogP contribution in [0.15, 0.2) is 52.2 Å². The van der Waals surface area contributed by atoms with E-state index in [4.69, 9.17) is 0 Å². The predicted octanol–water partition coefficient (Wildman–Crippen LogP) is 0.960. The highest BCUT2D eigenvalue weighted by Gasteiger charge is 2.18. The maximum Gasteiger partial charge on any atom is 0.290 e. The molecule has 0 aliphatic carbocycles. The Kier molecular flexibility index (Phi) is 5.64. The standard InChI is InChI=1S/C19H19N5O4/c1-2-3-11-24-19(28)13-8-5-4-7-12(13)15(23-24)18(27)22-21-17(26)14-9-6-10-20-16(14)25/h4-10H,2-3,11H2,1H3,(H,20,25)(H,21,26)(H,22,27). The highest BCUT2D eigenvalue weighted by Crippen LogP contribution is 2.13. The van der Waals surface area contributed by atoms with E-state index in [1.807, 2.05) is 6.92 Å². The number of pyridine rings is 1. The highest BCUT2D eigenvalue weighted by atomic mass is 16.2. The van der Waals surface area contributed by atoms with Crippen LogP contribution in [0.25, 0.3) is 10.8 Å². The summed E-state index contributed by atoms with van der Waals surface area (Å²) < 4.78 is 1.25. The van der Waals surface area contributed by atoms with Crippen LogP contribution in [-0.2, 0) is 6.54 Å². The van der Waals surface area contributed by atoms with E-state index >= 15 is 0 Å². The molecule has 1 aromatic carbocycles. The molecule has 0 atom stereocenters. The summed E-state index contributed by atoms with van der Waals surface area (Å²) >= 11 is 0. The molecular formula is C19H19N5O4. The van der Waals surface area contributed by atoms with Crippen LogP contribution in [-0.4, -0.2) is 26.6 Å². The molecule has 3 aromatic rings. The van der Waals surface area contributed by atoms with Crippen LogP contribution in [0.3, 0.4) is 0 Å². The fourth-order valence-corrected chi connectivity index (χ4v) is 2.70. The monoisotopic (exact) mass is 381 g/mol. The average molecular weight is 381 g/mol. The number of unbranched alkanes of at least 4 members (excludes halogenated alkanes) is 1. The summed E-state index contributed by atoms with van der Waals surface area (Å²) in [5, 5.41) is 4.92. The number of fused-ring (bicyclic) bond motifs is 1. The number of aromatic nitrogens is 3. The number of nitrogens with zero attached hydrogens (tertiary/aromatic N) is 2. The summed E-state index contributed by atoms with van der Waals surface area (Å²) in [5.41, 5.74) is 3.45. The largest absolute Gasteiger partial charge is 0.328 e. The summed E-state index contributed by atoms with van der Waals surface area (Å²) in [6.45, 7) is 2.37. The molecule has 3 N–H and O–H groups in total. The molecule has 2 amide bonds. The molecule has 0 unspecified atom stereocenters. The molecule has 0 saturated carbocycles. The molecule has 9 nitrogen and oxygen atoms in total. The van der Waals surface area contributed by atoms with Gasteiger partial charge in [-0.3, -0.25) is 30.0 Å². The Morgan fingerprint density at radius 3 is 2.46 bits per heavy atom. The number of rotatable bonds is 5. The van der Waals surface area contributed by atoms with E-state index in [2.05, 4.69) is 20.9 Å². The van der Waals surface area contributed by atoms with E-state index in [-0.39, 0.29) is 16.8 Å². The second-order valence-electron chi connectivity index (χ2n) is 6.10. The zero-order valence-corrected chi connectivity index (χ0v) is 15.2. The molecule has 0 spiro atoms. The van der Waals surface area contributed by atoms with Gasteiger partial charge in [-0.2, -0.15) is 5.10 Å². The van der Waals surface area contributed by atoms with Crippen molar-refractivity contribution in [3.8, 4) is 0 Å². The molecule has 0 bridgehead atoms.